The minimum atomic E-state index is -0.368. The lowest BCUT2D eigenvalue weighted by Gasteiger charge is -2.38. The van der Waals surface area contributed by atoms with Crippen LogP contribution in [0, 0.1) is 5.92 Å². The van der Waals surface area contributed by atoms with Crippen LogP contribution >= 0.6 is 11.3 Å². The van der Waals surface area contributed by atoms with Crippen molar-refractivity contribution in [3.05, 3.63) is 21.9 Å². The van der Waals surface area contributed by atoms with Crippen molar-refractivity contribution in [2.45, 2.75) is 57.2 Å². The lowest BCUT2D eigenvalue weighted by Crippen LogP contribution is -2.41. The maximum Gasteiger partial charge on any atom is 0.0940 e. The normalized spacial score (nSPS) is 31.7. The highest BCUT2D eigenvalue weighted by Gasteiger charge is 2.43. The number of hydrogen-bond acceptors (Lipinski definition) is 4. The first-order chi connectivity index (χ1) is 9.90. The van der Waals surface area contributed by atoms with Crippen molar-refractivity contribution in [2.24, 2.45) is 5.92 Å². The van der Waals surface area contributed by atoms with E-state index in [1.165, 1.54) is 4.88 Å². The van der Waals surface area contributed by atoms with E-state index in [4.69, 9.17) is 9.47 Å². The van der Waals surface area contributed by atoms with Gasteiger partial charge in [-0.1, -0.05) is 20.8 Å². The molecule has 118 valence electrons. The Kier molecular flexibility index (Phi) is 4.17. The second-order valence-electron chi connectivity index (χ2n) is 7.48. The molecule has 0 aliphatic carbocycles. The Labute approximate surface area is 131 Å². The van der Waals surface area contributed by atoms with Gasteiger partial charge in [-0.3, -0.25) is 0 Å². The maximum atomic E-state index is 10.8. The van der Waals surface area contributed by atoms with Crippen molar-refractivity contribution in [1.82, 2.24) is 0 Å². The van der Waals surface area contributed by atoms with Crippen LogP contribution in [0.15, 0.2) is 12.1 Å². The highest BCUT2D eigenvalue weighted by molar-refractivity contribution is 7.12. The predicted octanol–water partition coefficient (Wildman–Crippen LogP) is 3.66. The van der Waals surface area contributed by atoms with Gasteiger partial charge in [0.2, 0.25) is 0 Å². The summed E-state index contributed by atoms with van der Waals surface area (Å²) < 4.78 is 11.5. The zero-order valence-corrected chi connectivity index (χ0v) is 14.0. The summed E-state index contributed by atoms with van der Waals surface area (Å²) in [4.78, 5) is 2.43. The van der Waals surface area contributed by atoms with Crippen LogP contribution in [0.1, 0.15) is 55.9 Å². The fraction of sp³-hybridized carbons (Fsp3) is 0.765. The zero-order chi connectivity index (χ0) is 15.1. The summed E-state index contributed by atoms with van der Waals surface area (Å²) in [5, 5.41) is 10.8. The van der Waals surface area contributed by atoms with Crippen molar-refractivity contribution in [3.8, 4) is 0 Å². The van der Waals surface area contributed by atoms with Gasteiger partial charge in [0.25, 0.3) is 0 Å². The van der Waals surface area contributed by atoms with Gasteiger partial charge in [-0.2, -0.15) is 0 Å². The van der Waals surface area contributed by atoms with Gasteiger partial charge < -0.3 is 14.6 Å². The molecule has 0 aromatic carbocycles. The average molecular weight is 310 g/mol. The standard InChI is InChI=1S/C17H26O3S/c1-16(2,3)14-5-4-13(21-14)15(18)12-6-8-20-17(10-12)7-9-19-11-17/h4-5,12,15,18H,6-11H2,1-3H3. The SMILES string of the molecule is CC(C)(C)c1ccc(C(O)C2CCOC3(CCOC3)C2)s1. The molecule has 0 bridgehead atoms. The van der Waals surface area contributed by atoms with E-state index in [1.54, 1.807) is 11.3 Å². The second kappa shape index (κ2) is 5.65. The average Bonchev–Trinajstić information content (AvgIpc) is 3.07. The van der Waals surface area contributed by atoms with Crippen LogP contribution in [-0.4, -0.2) is 30.5 Å². The molecular formula is C17H26O3S. The summed E-state index contributed by atoms with van der Waals surface area (Å²) in [5.41, 5.74) is 0.0207. The summed E-state index contributed by atoms with van der Waals surface area (Å²) in [7, 11) is 0. The molecule has 3 atom stereocenters. The van der Waals surface area contributed by atoms with E-state index in [2.05, 4.69) is 32.9 Å². The van der Waals surface area contributed by atoms with Crippen LogP contribution in [-0.2, 0) is 14.9 Å². The van der Waals surface area contributed by atoms with Gasteiger partial charge in [-0.15, -0.1) is 11.3 Å². The van der Waals surface area contributed by atoms with E-state index >= 15 is 0 Å². The third-order valence-corrected chi connectivity index (χ3v) is 6.28. The van der Waals surface area contributed by atoms with Gasteiger partial charge in [-0.05, 0) is 36.3 Å². The van der Waals surface area contributed by atoms with Crippen LogP contribution in [0.25, 0.3) is 0 Å². The molecule has 0 saturated carbocycles. The molecule has 2 fully saturated rings. The zero-order valence-electron chi connectivity index (χ0n) is 13.2. The van der Waals surface area contributed by atoms with Crippen LogP contribution in [0.5, 0.6) is 0 Å². The van der Waals surface area contributed by atoms with Gasteiger partial charge in [0, 0.05) is 29.4 Å². The van der Waals surface area contributed by atoms with Gasteiger partial charge >= 0.3 is 0 Å². The van der Waals surface area contributed by atoms with Crippen LogP contribution < -0.4 is 0 Å². The number of aliphatic hydroxyl groups excluding tert-OH is 1. The quantitative estimate of drug-likeness (QED) is 0.906. The van der Waals surface area contributed by atoms with E-state index in [0.29, 0.717) is 6.61 Å². The summed E-state index contributed by atoms with van der Waals surface area (Å²) in [5.74, 6) is 0.284. The third kappa shape index (κ3) is 3.19. The van der Waals surface area contributed by atoms with E-state index in [0.717, 1.165) is 37.4 Å². The monoisotopic (exact) mass is 310 g/mol. The minimum absolute atomic E-state index is 0.131. The van der Waals surface area contributed by atoms with E-state index in [-0.39, 0.29) is 23.0 Å². The van der Waals surface area contributed by atoms with Crippen molar-refractivity contribution in [2.75, 3.05) is 19.8 Å². The van der Waals surface area contributed by atoms with Crippen molar-refractivity contribution in [1.29, 1.82) is 0 Å². The molecule has 1 aromatic heterocycles. The molecule has 1 N–H and O–H groups in total. The lowest BCUT2D eigenvalue weighted by molar-refractivity contribution is -0.116. The number of rotatable bonds is 2. The highest BCUT2D eigenvalue weighted by atomic mass is 32.1. The van der Waals surface area contributed by atoms with Crippen LogP contribution in [0.4, 0.5) is 0 Å². The highest BCUT2D eigenvalue weighted by Crippen LogP contribution is 2.43. The van der Waals surface area contributed by atoms with Crippen molar-refractivity contribution < 1.29 is 14.6 Å². The number of thiophene rings is 1. The lowest BCUT2D eigenvalue weighted by atomic mass is 9.82. The molecule has 2 aliphatic rings. The number of hydrogen-bond donors (Lipinski definition) is 1. The van der Waals surface area contributed by atoms with Gasteiger partial charge in [0.1, 0.15) is 0 Å². The Hall–Kier alpha value is -0.420. The Morgan fingerprint density at radius 2 is 2.14 bits per heavy atom. The summed E-state index contributed by atoms with van der Waals surface area (Å²) >= 11 is 1.75. The Bertz CT molecular complexity index is 482. The molecule has 3 rings (SSSR count). The first kappa shape index (κ1) is 15.5. The molecule has 2 saturated heterocycles. The maximum absolute atomic E-state index is 10.8. The van der Waals surface area contributed by atoms with Crippen LogP contribution in [0.2, 0.25) is 0 Å². The molecule has 4 heteroatoms. The van der Waals surface area contributed by atoms with Crippen molar-refractivity contribution in [3.63, 3.8) is 0 Å². The molecule has 3 unspecified atom stereocenters. The molecule has 1 aromatic rings. The molecule has 3 heterocycles. The summed E-state index contributed by atoms with van der Waals surface area (Å²) in [6, 6.07) is 4.26. The second-order valence-corrected chi connectivity index (χ2v) is 8.60. The number of aliphatic hydroxyl groups is 1. The summed E-state index contributed by atoms with van der Waals surface area (Å²) in [6.45, 7) is 8.86. The molecular weight excluding hydrogens is 284 g/mol. The Morgan fingerprint density at radius 1 is 1.33 bits per heavy atom. The Balaban J connectivity index is 1.72. The van der Waals surface area contributed by atoms with Gasteiger partial charge in [0.15, 0.2) is 0 Å². The van der Waals surface area contributed by atoms with Crippen LogP contribution in [0.3, 0.4) is 0 Å². The number of ether oxygens (including phenoxy) is 2. The molecule has 0 amide bonds. The third-order valence-electron chi connectivity index (χ3n) is 4.70. The smallest absolute Gasteiger partial charge is 0.0940 e. The molecule has 3 nitrogen and oxygen atoms in total. The minimum Gasteiger partial charge on any atom is -0.387 e. The van der Waals surface area contributed by atoms with E-state index < -0.39 is 0 Å². The Morgan fingerprint density at radius 3 is 2.76 bits per heavy atom. The molecule has 2 aliphatic heterocycles. The van der Waals surface area contributed by atoms with Gasteiger partial charge in [-0.25, -0.2) is 0 Å². The van der Waals surface area contributed by atoms with Gasteiger partial charge in [0.05, 0.1) is 18.3 Å². The first-order valence-corrected chi connectivity index (χ1v) is 8.71. The fourth-order valence-electron chi connectivity index (χ4n) is 3.35. The van der Waals surface area contributed by atoms with Crippen molar-refractivity contribution >= 4 is 11.3 Å². The predicted molar refractivity (Wildman–Crippen MR) is 84.8 cm³/mol. The topological polar surface area (TPSA) is 38.7 Å². The molecule has 21 heavy (non-hydrogen) atoms. The molecule has 0 radical (unpaired) electrons. The molecule has 1 spiro atoms. The largest absolute Gasteiger partial charge is 0.387 e. The fourth-order valence-corrected chi connectivity index (χ4v) is 4.49. The van der Waals surface area contributed by atoms with E-state index in [9.17, 15) is 5.11 Å². The van der Waals surface area contributed by atoms with E-state index in [1.807, 2.05) is 0 Å². The summed E-state index contributed by atoms with van der Waals surface area (Å²) in [6.07, 6.45) is 2.45. The first-order valence-electron chi connectivity index (χ1n) is 7.90.